The molecule has 0 spiro atoms. The van der Waals surface area contributed by atoms with Crippen LogP contribution >= 0.6 is 0 Å². The van der Waals surface area contributed by atoms with Crippen LogP contribution in [0.15, 0.2) is 42.5 Å². The predicted octanol–water partition coefficient (Wildman–Crippen LogP) is 3.86. The average Bonchev–Trinajstić information content (AvgIpc) is 2.83. The standard InChI is InChI=1S/C24H31N3O6/c1-3-4-7-17(24-32-15-18-8-5-6-9-22(18)33-24)13-25-23(29)20-12-19(27(30)31)10-11-21(20)26-16(2)14-28/h5-6,8-12,16-17,24,26,28H,3-4,7,13-15H2,1-2H3,(H,25,29)/t16-,17-,24-/m1/s1. The van der Waals surface area contributed by atoms with E-state index in [1.54, 1.807) is 6.92 Å². The quantitative estimate of drug-likeness (QED) is 0.346. The Morgan fingerprint density at radius 3 is 2.82 bits per heavy atom. The van der Waals surface area contributed by atoms with Crippen LogP contribution in [0.4, 0.5) is 11.4 Å². The van der Waals surface area contributed by atoms with E-state index in [2.05, 4.69) is 17.6 Å². The minimum atomic E-state index is -0.540. The van der Waals surface area contributed by atoms with E-state index in [1.807, 2.05) is 24.3 Å². The van der Waals surface area contributed by atoms with E-state index in [1.165, 1.54) is 18.2 Å². The number of hydrogen-bond acceptors (Lipinski definition) is 7. The van der Waals surface area contributed by atoms with Gasteiger partial charge in [-0.2, -0.15) is 0 Å². The molecule has 2 aromatic carbocycles. The number of aliphatic hydroxyl groups excluding tert-OH is 1. The lowest BCUT2D eigenvalue weighted by Gasteiger charge is -2.32. The van der Waals surface area contributed by atoms with Crippen molar-refractivity contribution in [2.45, 2.75) is 52.0 Å². The molecule has 178 valence electrons. The van der Waals surface area contributed by atoms with Crippen molar-refractivity contribution in [3.05, 3.63) is 63.7 Å². The Bertz CT molecular complexity index is 967. The van der Waals surface area contributed by atoms with Gasteiger partial charge < -0.3 is 25.2 Å². The van der Waals surface area contributed by atoms with E-state index < -0.39 is 17.1 Å². The Morgan fingerprint density at radius 2 is 2.09 bits per heavy atom. The molecule has 3 atom stereocenters. The number of aliphatic hydroxyl groups is 1. The second kappa shape index (κ2) is 11.6. The van der Waals surface area contributed by atoms with Crippen LogP contribution in [0, 0.1) is 16.0 Å². The molecule has 0 bridgehead atoms. The molecule has 9 heteroatoms. The molecule has 0 aromatic heterocycles. The van der Waals surface area contributed by atoms with Crippen LogP contribution in [-0.4, -0.2) is 41.4 Å². The van der Waals surface area contributed by atoms with E-state index in [-0.39, 0.29) is 29.8 Å². The lowest BCUT2D eigenvalue weighted by Crippen LogP contribution is -2.40. The van der Waals surface area contributed by atoms with Crippen LogP contribution in [0.1, 0.15) is 49.0 Å². The molecule has 1 aliphatic heterocycles. The Labute approximate surface area is 193 Å². The number of hydrogen-bond donors (Lipinski definition) is 3. The molecule has 1 heterocycles. The van der Waals surface area contributed by atoms with Crippen molar-refractivity contribution >= 4 is 17.3 Å². The normalized spacial score (nSPS) is 16.8. The highest BCUT2D eigenvalue weighted by Gasteiger charge is 2.29. The minimum Gasteiger partial charge on any atom is -0.464 e. The number of carbonyl (C=O) groups excluding carboxylic acids is 1. The van der Waals surface area contributed by atoms with E-state index in [9.17, 15) is 20.0 Å². The van der Waals surface area contributed by atoms with Crippen LogP contribution in [0.3, 0.4) is 0 Å². The van der Waals surface area contributed by atoms with Crippen LogP contribution in [-0.2, 0) is 11.3 Å². The zero-order chi connectivity index (χ0) is 23.8. The van der Waals surface area contributed by atoms with Crippen molar-refractivity contribution in [2.75, 3.05) is 18.5 Å². The number of fused-ring (bicyclic) bond motifs is 1. The molecule has 0 fully saturated rings. The number of nitro groups is 1. The summed E-state index contributed by atoms with van der Waals surface area (Å²) in [5.41, 5.74) is 1.37. The predicted molar refractivity (Wildman–Crippen MR) is 124 cm³/mol. The second-order valence-corrected chi connectivity index (χ2v) is 8.23. The highest BCUT2D eigenvalue weighted by Crippen LogP contribution is 2.30. The highest BCUT2D eigenvalue weighted by molar-refractivity contribution is 6.00. The van der Waals surface area contributed by atoms with Crippen LogP contribution in [0.25, 0.3) is 0 Å². The van der Waals surface area contributed by atoms with Crippen molar-refractivity contribution in [2.24, 2.45) is 5.92 Å². The summed E-state index contributed by atoms with van der Waals surface area (Å²) in [7, 11) is 0. The van der Waals surface area contributed by atoms with Crippen LogP contribution in [0.5, 0.6) is 5.75 Å². The molecule has 3 rings (SSSR count). The Morgan fingerprint density at radius 1 is 1.30 bits per heavy atom. The summed E-state index contributed by atoms with van der Waals surface area (Å²) in [6.45, 7) is 4.43. The SMILES string of the molecule is CCCC[C@H](CNC(=O)c1cc([N+](=O)[O-])ccc1N[C@H](C)CO)[C@@H]1OCc2ccccc2O1. The topological polar surface area (TPSA) is 123 Å². The third kappa shape index (κ3) is 6.43. The summed E-state index contributed by atoms with van der Waals surface area (Å²) in [5.74, 6) is 0.252. The second-order valence-electron chi connectivity index (χ2n) is 8.23. The Kier molecular flexibility index (Phi) is 8.62. The first-order valence-corrected chi connectivity index (χ1v) is 11.2. The number of ether oxygens (including phenoxy) is 2. The van der Waals surface area contributed by atoms with Gasteiger partial charge >= 0.3 is 0 Å². The zero-order valence-corrected chi connectivity index (χ0v) is 19.0. The van der Waals surface area contributed by atoms with Gasteiger partial charge in [0.15, 0.2) is 0 Å². The van der Waals surface area contributed by atoms with Gasteiger partial charge in [0.05, 0.1) is 23.7 Å². The number of para-hydroxylation sites is 1. The minimum absolute atomic E-state index is 0.0891. The van der Waals surface area contributed by atoms with Gasteiger partial charge in [-0.15, -0.1) is 0 Å². The fourth-order valence-electron chi connectivity index (χ4n) is 3.69. The summed E-state index contributed by atoms with van der Waals surface area (Å²) in [6.07, 6.45) is 2.24. The molecule has 3 N–H and O–H groups in total. The number of nitro benzene ring substituents is 1. The van der Waals surface area contributed by atoms with Gasteiger partial charge in [-0.25, -0.2) is 0 Å². The lowest BCUT2D eigenvalue weighted by molar-refractivity contribution is -0.384. The van der Waals surface area contributed by atoms with Gasteiger partial charge in [0.25, 0.3) is 11.6 Å². The number of non-ortho nitro benzene ring substituents is 1. The van der Waals surface area contributed by atoms with Crippen molar-refractivity contribution in [1.29, 1.82) is 0 Å². The summed E-state index contributed by atoms with van der Waals surface area (Å²) in [6, 6.07) is 11.4. The van der Waals surface area contributed by atoms with Crippen molar-refractivity contribution < 1.29 is 24.3 Å². The van der Waals surface area contributed by atoms with Crippen molar-refractivity contribution in [3.8, 4) is 5.75 Å². The van der Waals surface area contributed by atoms with Crippen LogP contribution in [0.2, 0.25) is 0 Å². The highest BCUT2D eigenvalue weighted by atomic mass is 16.7. The van der Waals surface area contributed by atoms with Gasteiger partial charge in [-0.1, -0.05) is 38.0 Å². The van der Waals surface area contributed by atoms with Gasteiger partial charge in [-0.3, -0.25) is 14.9 Å². The van der Waals surface area contributed by atoms with Gasteiger partial charge in [0.1, 0.15) is 5.75 Å². The largest absolute Gasteiger partial charge is 0.464 e. The van der Waals surface area contributed by atoms with Crippen molar-refractivity contribution in [1.82, 2.24) is 5.32 Å². The number of anilines is 1. The number of nitrogens with one attached hydrogen (secondary N) is 2. The smallest absolute Gasteiger partial charge is 0.270 e. The molecule has 2 aromatic rings. The van der Waals surface area contributed by atoms with Crippen molar-refractivity contribution in [3.63, 3.8) is 0 Å². The first kappa shape index (κ1) is 24.5. The molecule has 0 saturated carbocycles. The zero-order valence-electron chi connectivity index (χ0n) is 19.0. The monoisotopic (exact) mass is 457 g/mol. The van der Waals surface area contributed by atoms with Gasteiger partial charge in [-0.05, 0) is 25.5 Å². The molecule has 1 amide bonds. The van der Waals surface area contributed by atoms with E-state index in [4.69, 9.17) is 9.47 Å². The number of unbranched alkanes of at least 4 members (excludes halogenated alkanes) is 1. The number of benzene rings is 2. The van der Waals surface area contributed by atoms with E-state index in [0.717, 1.165) is 30.6 Å². The maximum absolute atomic E-state index is 13.1. The molecule has 1 aliphatic rings. The first-order valence-electron chi connectivity index (χ1n) is 11.2. The average molecular weight is 458 g/mol. The van der Waals surface area contributed by atoms with Crippen LogP contribution < -0.4 is 15.4 Å². The molecular weight excluding hydrogens is 426 g/mol. The number of carbonyl (C=O) groups is 1. The molecule has 0 radical (unpaired) electrons. The molecule has 0 saturated heterocycles. The lowest BCUT2D eigenvalue weighted by atomic mass is 10.00. The van der Waals surface area contributed by atoms with E-state index in [0.29, 0.717) is 18.8 Å². The maximum Gasteiger partial charge on any atom is 0.270 e. The summed E-state index contributed by atoms with van der Waals surface area (Å²) < 4.78 is 12.0. The summed E-state index contributed by atoms with van der Waals surface area (Å²) in [4.78, 5) is 23.7. The Balaban J connectivity index is 1.74. The molecule has 33 heavy (non-hydrogen) atoms. The number of nitrogens with zero attached hydrogens (tertiary/aromatic N) is 1. The first-order chi connectivity index (χ1) is 15.9. The van der Waals surface area contributed by atoms with Gasteiger partial charge in [0, 0.05) is 41.9 Å². The molecular formula is C24H31N3O6. The number of amides is 1. The fraction of sp³-hybridized carbons (Fsp3) is 0.458. The maximum atomic E-state index is 13.1. The number of rotatable bonds is 11. The molecule has 9 nitrogen and oxygen atoms in total. The third-order valence-corrected chi connectivity index (χ3v) is 5.59. The summed E-state index contributed by atoms with van der Waals surface area (Å²) in [5, 5.41) is 26.5. The summed E-state index contributed by atoms with van der Waals surface area (Å²) >= 11 is 0. The molecule has 0 aliphatic carbocycles. The van der Waals surface area contributed by atoms with Gasteiger partial charge in [0.2, 0.25) is 6.29 Å². The third-order valence-electron chi connectivity index (χ3n) is 5.59. The fourth-order valence-corrected chi connectivity index (χ4v) is 3.69. The van der Waals surface area contributed by atoms with E-state index >= 15 is 0 Å². The Hall–Kier alpha value is -3.17. The molecule has 0 unspecified atom stereocenters.